The summed E-state index contributed by atoms with van der Waals surface area (Å²) in [6, 6.07) is 11.7. The molecule has 176 valence electrons. The summed E-state index contributed by atoms with van der Waals surface area (Å²) < 4.78 is 27.9. The Bertz CT molecular complexity index is 1130. The Morgan fingerprint density at radius 1 is 0.970 bits per heavy atom. The summed E-state index contributed by atoms with van der Waals surface area (Å²) in [7, 11) is -3.65. The number of sulfonamides is 1. The van der Waals surface area contributed by atoms with Gasteiger partial charge in [0.25, 0.3) is 5.69 Å². The van der Waals surface area contributed by atoms with E-state index in [1.54, 1.807) is 29.2 Å². The number of hydrogen-bond acceptors (Lipinski definition) is 6. The van der Waals surface area contributed by atoms with Crippen molar-refractivity contribution in [3.63, 3.8) is 0 Å². The number of carbonyl (C=O) groups excluding carboxylic acids is 1. The lowest BCUT2D eigenvalue weighted by atomic mass is 9.92. The van der Waals surface area contributed by atoms with E-state index in [1.165, 1.54) is 17.7 Å². The average molecular weight is 473 g/mol. The molecule has 0 spiro atoms. The lowest BCUT2D eigenvalue weighted by Gasteiger charge is -2.36. The van der Waals surface area contributed by atoms with Crippen molar-refractivity contribution in [3.8, 4) is 0 Å². The zero-order valence-corrected chi connectivity index (χ0v) is 19.2. The normalized spacial score (nSPS) is 16.4. The second-order valence-corrected chi connectivity index (χ2v) is 10.2. The lowest BCUT2D eigenvalue weighted by molar-refractivity contribution is -0.384. The zero-order valence-electron chi connectivity index (χ0n) is 18.4. The summed E-state index contributed by atoms with van der Waals surface area (Å²) in [4.78, 5) is 27.0. The van der Waals surface area contributed by atoms with Crippen LogP contribution in [0.5, 0.6) is 0 Å². The Balaban J connectivity index is 1.25. The molecule has 0 atom stereocenters. The van der Waals surface area contributed by atoms with E-state index in [2.05, 4.69) is 9.62 Å². The van der Waals surface area contributed by atoms with Crippen LogP contribution < -0.4 is 9.62 Å². The smallest absolute Gasteiger partial charge is 0.269 e. The predicted molar refractivity (Wildman–Crippen MR) is 125 cm³/mol. The van der Waals surface area contributed by atoms with Crippen molar-refractivity contribution in [3.05, 3.63) is 63.7 Å². The Morgan fingerprint density at radius 3 is 2.30 bits per heavy atom. The van der Waals surface area contributed by atoms with E-state index >= 15 is 0 Å². The van der Waals surface area contributed by atoms with Gasteiger partial charge in [-0.1, -0.05) is 6.07 Å². The van der Waals surface area contributed by atoms with Crippen molar-refractivity contribution in [2.75, 3.05) is 37.6 Å². The molecule has 10 heteroatoms. The highest BCUT2D eigenvalue weighted by molar-refractivity contribution is 7.89. The molecule has 0 aromatic heterocycles. The predicted octanol–water partition coefficient (Wildman–Crippen LogP) is 2.49. The van der Waals surface area contributed by atoms with Gasteiger partial charge in [-0.15, -0.1) is 0 Å². The van der Waals surface area contributed by atoms with Crippen molar-refractivity contribution in [2.45, 2.75) is 37.0 Å². The van der Waals surface area contributed by atoms with E-state index in [0.717, 1.165) is 36.9 Å². The minimum absolute atomic E-state index is 0.0467. The maximum absolute atomic E-state index is 12.7. The van der Waals surface area contributed by atoms with Crippen molar-refractivity contribution in [1.29, 1.82) is 0 Å². The number of non-ortho nitro benzene ring substituents is 1. The van der Waals surface area contributed by atoms with Crippen molar-refractivity contribution in [1.82, 2.24) is 9.62 Å². The first-order valence-corrected chi connectivity index (χ1v) is 12.7. The maximum atomic E-state index is 12.7. The number of nitrogens with zero attached hydrogens (tertiary/aromatic N) is 3. The molecule has 2 aliphatic rings. The maximum Gasteiger partial charge on any atom is 0.269 e. The van der Waals surface area contributed by atoms with Crippen LogP contribution in [0.15, 0.2) is 47.4 Å². The van der Waals surface area contributed by atoms with E-state index in [1.807, 2.05) is 6.07 Å². The molecule has 1 aliphatic carbocycles. The van der Waals surface area contributed by atoms with Gasteiger partial charge in [0.15, 0.2) is 0 Å². The van der Waals surface area contributed by atoms with E-state index < -0.39 is 14.9 Å². The Morgan fingerprint density at radius 2 is 1.64 bits per heavy atom. The molecule has 1 N–H and O–H groups in total. The summed E-state index contributed by atoms with van der Waals surface area (Å²) in [5.41, 5.74) is 3.25. The number of nitro benzene ring substituents is 1. The Kier molecular flexibility index (Phi) is 6.94. The number of nitro groups is 1. The number of fused-ring (bicyclic) bond motifs is 1. The van der Waals surface area contributed by atoms with Crippen LogP contribution in [0.1, 0.15) is 30.4 Å². The summed E-state index contributed by atoms with van der Waals surface area (Å²) in [5, 5.41) is 10.8. The van der Waals surface area contributed by atoms with Gasteiger partial charge in [0.1, 0.15) is 0 Å². The molecule has 1 fully saturated rings. The van der Waals surface area contributed by atoms with Gasteiger partial charge in [0, 0.05) is 57.0 Å². The van der Waals surface area contributed by atoms with Gasteiger partial charge in [-0.2, -0.15) is 0 Å². The number of nitrogens with one attached hydrogen (secondary N) is 1. The van der Waals surface area contributed by atoms with E-state index in [4.69, 9.17) is 0 Å². The first-order chi connectivity index (χ1) is 15.8. The number of rotatable bonds is 7. The molecule has 0 saturated carbocycles. The molecule has 33 heavy (non-hydrogen) atoms. The molecular weight excluding hydrogens is 444 g/mol. The Labute approximate surface area is 193 Å². The van der Waals surface area contributed by atoms with Crippen LogP contribution in [0.2, 0.25) is 0 Å². The first kappa shape index (κ1) is 23.2. The first-order valence-electron chi connectivity index (χ1n) is 11.2. The highest BCUT2D eigenvalue weighted by atomic mass is 32.2. The van der Waals surface area contributed by atoms with Crippen LogP contribution in [-0.4, -0.2) is 56.9 Å². The minimum atomic E-state index is -3.65. The number of piperazine rings is 1. The highest BCUT2D eigenvalue weighted by Gasteiger charge is 2.23. The van der Waals surface area contributed by atoms with Crippen molar-refractivity contribution >= 4 is 27.3 Å². The summed E-state index contributed by atoms with van der Waals surface area (Å²) in [6.07, 6.45) is 4.22. The Hall–Kier alpha value is -2.98. The molecular formula is C23H28N4O5S. The lowest BCUT2D eigenvalue weighted by Crippen LogP contribution is -2.49. The largest absolute Gasteiger partial charge is 0.368 e. The standard InChI is InChI=1S/C23H28N4O5S/c28-23(26-15-13-25(14-16-26)20-6-8-21(9-7-20)27(29)30)11-12-24-33(31,32)22-10-5-18-3-1-2-4-19(18)17-22/h5-10,17,24H,1-4,11-16H2. The number of hydrogen-bond donors (Lipinski definition) is 1. The van der Waals surface area contributed by atoms with Crippen molar-refractivity contribution in [2.24, 2.45) is 0 Å². The van der Waals surface area contributed by atoms with Gasteiger partial charge in [0.2, 0.25) is 15.9 Å². The van der Waals surface area contributed by atoms with Gasteiger partial charge in [0.05, 0.1) is 9.82 Å². The summed E-state index contributed by atoms with van der Waals surface area (Å²) in [6.45, 7) is 2.33. The molecule has 1 aliphatic heterocycles. The highest BCUT2D eigenvalue weighted by Crippen LogP contribution is 2.24. The third kappa shape index (κ3) is 5.51. The van der Waals surface area contributed by atoms with Gasteiger partial charge >= 0.3 is 0 Å². The number of anilines is 1. The van der Waals surface area contributed by atoms with Crippen LogP contribution in [-0.2, 0) is 27.7 Å². The molecule has 1 heterocycles. The fourth-order valence-corrected chi connectivity index (χ4v) is 5.49. The van der Waals surface area contributed by atoms with Gasteiger partial charge < -0.3 is 9.80 Å². The molecule has 4 rings (SSSR count). The topological polar surface area (TPSA) is 113 Å². The SMILES string of the molecule is O=C(CCNS(=O)(=O)c1ccc2c(c1)CCCC2)N1CCN(c2ccc([N+](=O)[O-])cc2)CC1. The number of benzene rings is 2. The third-order valence-corrected chi connectivity index (χ3v) is 7.78. The van der Waals surface area contributed by atoms with Gasteiger partial charge in [-0.05, 0) is 61.1 Å². The second-order valence-electron chi connectivity index (χ2n) is 8.43. The van der Waals surface area contributed by atoms with Crippen molar-refractivity contribution < 1.29 is 18.1 Å². The molecule has 1 amide bonds. The molecule has 0 unspecified atom stereocenters. The van der Waals surface area contributed by atoms with Gasteiger partial charge in [-0.25, -0.2) is 13.1 Å². The molecule has 0 radical (unpaired) electrons. The van der Waals surface area contributed by atoms with E-state index in [0.29, 0.717) is 26.2 Å². The molecule has 2 aromatic carbocycles. The minimum Gasteiger partial charge on any atom is -0.368 e. The number of aryl methyl sites for hydroxylation is 2. The fraction of sp³-hybridized carbons (Fsp3) is 0.435. The third-order valence-electron chi connectivity index (χ3n) is 6.32. The number of carbonyl (C=O) groups is 1. The fourth-order valence-electron chi connectivity index (χ4n) is 4.41. The molecule has 0 bridgehead atoms. The second kappa shape index (κ2) is 9.88. The van der Waals surface area contributed by atoms with E-state index in [9.17, 15) is 23.3 Å². The monoisotopic (exact) mass is 472 g/mol. The molecule has 9 nitrogen and oxygen atoms in total. The van der Waals surface area contributed by atoms with Crippen LogP contribution >= 0.6 is 0 Å². The van der Waals surface area contributed by atoms with Gasteiger partial charge in [-0.3, -0.25) is 14.9 Å². The van der Waals surface area contributed by atoms with Crippen LogP contribution in [0.25, 0.3) is 0 Å². The van der Waals surface area contributed by atoms with Crippen LogP contribution in [0.3, 0.4) is 0 Å². The average Bonchev–Trinajstić information content (AvgIpc) is 2.83. The zero-order chi connectivity index (χ0) is 23.4. The van der Waals surface area contributed by atoms with Crippen LogP contribution in [0, 0.1) is 10.1 Å². The van der Waals surface area contributed by atoms with E-state index in [-0.39, 0.29) is 29.5 Å². The summed E-state index contributed by atoms with van der Waals surface area (Å²) in [5.74, 6) is -0.0912. The number of amides is 1. The molecule has 1 saturated heterocycles. The molecule has 2 aromatic rings. The van der Waals surface area contributed by atoms with Crippen LogP contribution in [0.4, 0.5) is 11.4 Å². The summed E-state index contributed by atoms with van der Waals surface area (Å²) >= 11 is 0. The quantitative estimate of drug-likeness (QED) is 0.489.